The summed E-state index contributed by atoms with van der Waals surface area (Å²) in [5.41, 5.74) is 3.12. The van der Waals surface area contributed by atoms with Crippen LogP contribution in [0.15, 0.2) is 89.2 Å². The summed E-state index contributed by atoms with van der Waals surface area (Å²) >= 11 is 0. The molecule has 0 atom stereocenters. The highest BCUT2D eigenvalue weighted by molar-refractivity contribution is 6.04. The number of amides is 1. The molecule has 29 heavy (non-hydrogen) atoms. The quantitative estimate of drug-likeness (QED) is 0.395. The molecule has 0 aliphatic rings. The zero-order chi connectivity index (χ0) is 20.1. The van der Waals surface area contributed by atoms with Gasteiger partial charge in [0.2, 0.25) is 0 Å². The lowest BCUT2D eigenvalue weighted by Gasteiger charge is -2.05. The molecule has 0 aliphatic carbocycles. The van der Waals surface area contributed by atoms with E-state index in [-0.39, 0.29) is 12.1 Å². The van der Waals surface area contributed by atoms with Gasteiger partial charge in [-0.2, -0.15) is 5.26 Å². The molecule has 0 saturated carbocycles. The van der Waals surface area contributed by atoms with Gasteiger partial charge in [-0.1, -0.05) is 48.5 Å². The number of hydrogen-bond donors (Lipinski definition) is 1. The van der Waals surface area contributed by atoms with E-state index in [0.29, 0.717) is 12.3 Å². The molecule has 5 nitrogen and oxygen atoms in total. The van der Waals surface area contributed by atoms with Crippen molar-refractivity contribution < 1.29 is 9.21 Å². The number of nitrogens with zero attached hydrogens (tertiary/aromatic N) is 2. The summed E-state index contributed by atoms with van der Waals surface area (Å²) in [5.74, 6) is 0.207. The van der Waals surface area contributed by atoms with Gasteiger partial charge in [-0.05, 0) is 29.8 Å². The third kappa shape index (κ3) is 4.12. The maximum Gasteiger partial charge on any atom is 0.262 e. The Bertz CT molecular complexity index is 1200. The highest BCUT2D eigenvalue weighted by atomic mass is 16.3. The molecule has 2 aromatic carbocycles. The topological polar surface area (TPSA) is 71.0 Å². The normalized spacial score (nSPS) is 11.3. The number of nitrogens with one attached hydrogen (secondary N) is 1. The van der Waals surface area contributed by atoms with Gasteiger partial charge in [-0.15, -0.1) is 0 Å². The van der Waals surface area contributed by atoms with Gasteiger partial charge < -0.3 is 14.3 Å². The SMILES string of the molecule is N#C/C(=C\c1cn(Cc2ccccc2)c2ccccc12)C(=O)NCc1ccco1. The minimum Gasteiger partial charge on any atom is -0.467 e. The Labute approximate surface area is 168 Å². The number of rotatable bonds is 6. The maximum atomic E-state index is 12.5. The van der Waals surface area contributed by atoms with E-state index in [0.717, 1.165) is 16.5 Å². The van der Waals surface area contributed by atoms with E-state index in [1.807, 2.05) is 54.7 Å². The number of aromatic nitrogens is 1. The summed E-state index contributed by atoms with van der Waals surface area (Å²) < 4.78 is 7.34. The number of nitriles is 1. The Hall–Kier alpha value is -4.04. The summed E-state index contributed by atoms with van der Waals surface area (Å²) in [5, 5.41) is 13.2. The third-order valence-electron chi connectivity index (χ3n) is 4.68. The number of benzene rings is 2. The van der Waals surface area contributed by atoms with Crippen LogP contribution in [0.3, 0.4) is 0 Å². The third-order valence-corrected chi connectivity index (χ3v) is 4.68. The average molecular weight is 381 g/mol. The molecule has 0 aliphatic heterocycles. The standard InChI is InChI=1S/C24H19N3O2/c25-14-19(24(28)26-15-21-9-6-12-29-21)13-20-17-27(16-18-7-2-1-3-8-18)23-11-5-4-10-22(20)23/h1-13,17H,15-16H2,(H,26,28)/b19-13+. The van der Waals surface area contributed by atoms with Crippen LogP contribution in [0.1, 0.15) is 16.9 Å². The van der Waals surface area contributed by atoms with Gasteiger partial charge >= 0.3 is 0 Å². The Morgan fingerprint density at radius 1 is 1.07 bits per heavy atom. The molecular weight excluding hydrogens is 362 g/mol. The Balaban J connectivity index is 1.63. The van der Waals surface area contributed by atoms with Crippen molar-refractivity contribution in [2.24, 2.45) is 0 Å². The van der Waals surface area contributed by atoms with Crippen LogP contribution >= 0.6 is 0 Å². The largest absolute Gasteiger partial charge is 0.467 e. The predicted octanol–water partition coefficient (Wildman–Crippen LogP) is 4.51. The first-order valence-electron chi connectivity index (χ1n) is 9.29. The molecule has 4 rings (SSSR count). The fourth-order valence-electron chi connectivity index (χ4n) is 3.28. The lowest BCUT2D eigenvalue weighted by molar-refractivity contribution is -0.117. The average Bonchev–Trinajstić information content (AvgIpc) is 3.40. The van der Waals surface area contributed by atoms with Crippen molar-refractivity contribution in [3.05, 3.63) is 102 Å². The molecule has 5 heteroatoms. The summed E-state index contributed by atoms with van der Waals surface area (Å²) in [6, 6.07) is 23.7. The molecule has 0 radical (unpaired) electrons. The summed E-state index contributed by atoms with van der Waals surface area (Å²) in [6.07, 6.45) is 5.17. The van der Waals surface area contributed by atoms with Crippen molar-refractivity contribution in [1.29, 1.82) is 5.26 Å². The van der Waals surface area contributed by atoms with Crippen molar-refractivity contribution >= 4 is 22.9 Å². The van der Waals surface area contributed by atoms with Gasteiger partial charge in [0.05, 0.1) is 12.8 Å². The number of fused-ring (bicyclic) bond motifs is 1. The molecule has 4 aromatic rings. The van der Waals surface area contributed by atoms with Crippen LogP contribution in [0.5, 0.6) is 0 Å². The smallest absolute Gasteiger partial charge is 0.262 e. The Kier molecular flexibility index (Phi) is 5.26. The first-order chi connectivity index (χ1) is 14.2. The van der Waals surface area contributed by atoms with Gasteiger partial charge in [0.1, 0.15) is 17.4 Å². The number of carbonyl (C=O) groups is 1. The summed E-state index contributed by atoms with van der Waals surface area (Å²) in [7, 11) is 0. The van der Waals surface area contributed by atoms with Crippen molar-refractivity contribution in [2.75, 3.05) is 0 Å². The van der Waals surface area contributed by atoms with Crippen LogP contribution in [0.4, 0.5) is 0 Å². The minimum absolute atomic E-state index is 0.0548. The first-order valence-corrected chi connectivity index (χ1v) is 9.29. The molecule has 1 N–H and O–H groups in total. The number of furan rings is 1. The lowest BCUT2D eigenvalue weighted by Crippen LogP contribution is -2.23. The van der Waals surface area contributed by atoms with Gasteiger partial charge in [0.15, 0.2) is 0 Å². The van der Waals surface area contributed by atoms with Crippen molar-refractivity contribution in [1.82, 2.24) is 9.88 Å². The second-order valence-corrected chi connectivity index (χ2v) is 6.65. The van der Waals surface area contributed by atoms with Crippen LogP contribution in [0, 0.1) is 11.3 Å². The monoisotopic (exact) mass is 381 g/mol. The molecule has 2 aromatic heterocycles. The number of carbonyl (C=O) groups excluding carboxylic acids is 1. The second-order valence-electron chi connectivity index (χ2n) is 6.65. The second kappa shape index (κ2) is 8.32. The molecule has 0 spiro atoms. The predicted molar refractivity (Wildman–Crippen MR) is 112 cm³/mol. The van der Waals surface area contributed by atoms with Crippen molar-refractivity contribution in [3.63, 3.8) is 0 Å². The van der Waals surface area contributed by atoms with Gasteiger partial charge in [-0.25, -0.2) is 0 Å². The molecule has 1 amide bonds. The molecule has 0 bridgehead atoms. The van der Waals surface area contributed by atoms with Crippen LogP contribution < -0.4 is 5.32 Å². The zero-order valence-corrected chi connectivity index (χ0v) is 15.7. The fourth-order valence-corrected chi connectivity index (χ4v) is 3.28. The number of para-hydroxylation sites is 1. The Morgan fingerprint density at radius 2 is 1.86 bits per heavy atom. The van der Waals surface area contributed by atoms with Gasteiger partial charge in [-0.3, -0.25) is 4.79 Å². The van der Waals surface area contributed by atoms with E-state index in [4.69, 9.17) is 4.42 Å². The first kappa shape index (κ1) is 18.3. The fraction of sp³-hybridized carbons (Fsp3) is 0.0833. The minimum atomic E-state index is -0.427. The van der Waals surface area contributed by atoms with E-state index in [9.17, 15) is 10.1 Å². The number of hydrogen-bond acceptors (Lipinski definition) is 3. The van der Waals surface area contributed by atoms with Gasteiger partial charge in [0.25, 0.3) is 5.91 Å². The van der Waals surface area contributed by atoms with Crippen LogP contribution in [0.25, 0.3) is 17.0 Å². The Morgan fingerprint density at radius 3 is 2.62 bits per heavy atom. The van der Waals surface area contributed by atoms with E-state index in [1.54, 1.807) is 24.5 Å². The van der Waals surface area contributed by atoms with Crippen molar-refractivity contribution in [2.45, 2.75) is 13.1 Å². The van der Waals surface area contributed by atoms with E-state index in [1.165, 1.54) is 5.56 Å². The van der Waals surface area contributed by atoms with Crippen LogP contribution in [-0.4, -0.2) is 10.5 Å². The van der Waals surface area contributed by atoms with Crippen LogP contribution in [-0.2, 0) is 17.9 Å². The van der Waals surface area contributed by atoms with Crippen LogP contribution in [0.2, 0.25) is 0 Å². The van der Waals surface area contributed by atoms with E-state index in [2.05, 4.69) is 22.0 Å². The highest BCUT2D eigenvalue weighted by Gasteiger charge is 2.13. The van der Waals surface area contributed by atoms with Crippen molar-refractivity contribution in [3.8, 4) is 6.07 Å². The van der Waals surface area contributed by atoms with Gasteiger partial charge in [0, 0.05) is 29.2 Å². The highest BCUT2D eigenvalue weighted by Crippen LogP contribution is 2.24. The zero-order valence-electron chi connectivity index (χ0n) is 15.7. The lowest BCUT2D eigenvalue weighted by atomic mass is 10.1. The molecular formula is C24H19N3O2. The summed E-state index contributed by atoms with van der Waals surface area (Å²) in [4.78, 5) is 12.5. The molecule has 0 saturated heterocycles. The molecule has 0 unspecified atom stereocenters. The molecule has 0 fully saturated rings. The molecule has 2 heterocycles. The maximum absolute atomic E-state index is 12.5. The van der Waals surface area contributed by atoms with E-state index >= 15 is 0 Å². The van der Waals surface area contributed by atoms with E-state index < -0.39 is 5.91 Å². The summed E-state index contributed by atoms with van der Waals surface area (Å²) in [6.45, 7) is 0.947. The molecule has 142 valence electrons.